The van der Waals surface area contributed by atoms with Gasteiger partial charge in [0.2, 0.25) is 11.8 Å². The Labute approximate surface area is 256 Å². The molecular weight excluding hydrogens is 600 g/mol. The van der Waals surface area contributed by atoms with E-state index in [0.717, 1.165) is 5.57 Å². The van der Waals surface area contributed by atoms with Crippen molar-refractivity contribution in [3.05, 3.63) is 59.1 Å². The fourth-order valence-corrected chi connectivity index (χ4v) is 5.31. The Bertz CT molecular complexity index is 1710. The molecule has 0 radical (unpaired) electrons. The third-order valence-corrected chi connectivity index (χ3v) is 7.63. The lowest BCUT2D eigenvalue weighted by Crippen LogP contribution is -2.48. The maximum absolute atomic E-state index is 14.7. The number of aromatic amines is 1. The molecule has 0 bridgehead atoms. The lowest BCUT2D eigenvalue weighted by atomic mass is 10.0. The van der Waals surface area contributed by atoms with Gasteiger partial charge in [-0.1, -0.05) is 42.3 Å². The maximum atomic E-state index is 14.7. The topological polar surface area (TPSA) is 130 Å². The molecule has 0 aliphatic carbocycles. The number of carbonyl (C=O) groups is 1. The third kappa shape index (κ3) is 6.36. The molecule has 0 saturated carbocycles. The number of fused-ring (bicyclic) bond motifs is 2. The van der Waals surface area contributed by atoms with Crippen LogP contribution in [0.1, 0.15) is 26.7 Å². The first-order valence-corrected chi connectivity index (χ1v) is 14.4. The third-order valence-electron chi connectivity index (χ3n) is 7.08. The van der Waals surface area contributed by atoms with Crippen LogP contribution in [0.2, 0.25) is 10.2 Å². The zero-order valence-corrected chi connectivity index (χ0v) is 25.1. The molecular formula is C29H30Cl2FN7O4. The quantitative estimate of drug-likeness (QED) is 0.133. The zero-order valence-electron chi connectivity index (χ0n) is 23.6. The average Bonchev–Trinajstić information content (AvgIpc) is 3.45. The van der Waals surface area contributed by atoms with E-state index < -0.39 is 18.0 Å². The van der Waals surface area contributed by atoms with E-state index in [1.165, 1.54) is 18.3 Å². The molecule has 14 heteroatoms. The van der Waals surface area contributed by atoms with Gasteiger partial charge in [0.15, 0.2) is 5.75 Å². The van der Waals surface area contributed by atoms with E-state index in [1.807, 2.05) is 18.7 Å². The number of rotatable bonds is 10. The van der Waals surface area contributed by atoms with Gasteiger partial charge in [-0.05, 0) is 31.9 Å². The van der Waals surface area contributed by atoms with E-state index in [-0.39, 0.29) is 39.2 Å². The number of benzene rings is 1. The molecule has 1 aliphatic rings. The van der Waals surface area contributed by atoms with Crippen molar-refractivity contribution in [2.24, 2.45) is 0 Å². The molecule has 3 aromatic heterocycles. The number of piperazine rings is 1. The van der Waals surface area contributed by atoms with Gasteiger partial charge in [0.05, 0.1) is 28.6 Å². The molecule has 1 saturated heterocycles. The first-order chi connectivity index (χ1) is 20.6. The molecule has 1 aromatic carbocycles. The van der Waals surface area contributed by atoms with Crippen molar-refractivity contribution in [2.75, 3.05) is 31.1 Å². The lowest BCUT2D eigenvalue weighted by Gasteiger charge is -2.35. The highest BCUT2D eigenvalue weighted by Crippen LogP contribution is 2.41. The molecule has 5 rings (SSSR count). The van der Waals surface area contributed by atoms with Crippen LogP contribution in [0.15, 0.2) is 43.1 Å². The van der Waals surface area contributed by atoms with Gasteiger partial charge < -0.3 is 24.4 Å². The summed E-state index contributed by atoms with van der Waals surface area (Å²) in [5, 5.41) is 18.2. The Hall–Kier alpha value is -4.00. The van der Waals surface area contributed by atoms with Crippen molar-refractivity contribution in [3.63, 3.8) is 0 Å². The zero-order chi connectivity index (χ0) is 30.8. The highest BCUT2D eigenvalue weighted by Gasteiger charge is 2.28. The number of anilines is 1. The fraction of sp³-hybridized carbons (Fsp3) is 0.345. The number of nitrogens with one attached hydrogen (secondary N) is 1. The minimum Gasteiger partial charge on any atom is -0.457 e. The van der Waals surface area contributed by atoms with Crippen LogP contribution in [0.5, 0.6) is 17.6 Å². The van der Waals surface area contributed by atoms with E-state index in [1.54, 1.807) is 11.0 Å². The number of ether oxygens (including phenoxy) is 2. The molecule has 1 aliphatic heterocycles. The summed E-state index contributed by atoms with van der Waals surface area (Å²) in [7, 11) is 0. The van der Waals surface area contributed by atoms with Crippen LogP contribution in [-0.4, -0.2) is 79.4 Å². The first-order valence-electron chi connectivity index (χ1n) is 13.6. The number of hydrogen-bond acceptors (Lipinski definition) is 9. The van der Waals surface area contributed by atoms with Crippen molar-refractivity contribution < 1.29 is 23.8 Å². The van der Waals surface area contributed by atoms with Crippen LogP contribution >= 0.6 is 23.2 Å². The van der Waals surface area contributed by atoms with Crippen LogP contribution in [0.3, 0.4) is 0 Å². The van der Waals surface area contributed by atoms with Crippen molar-refractivity contribution in [1.29, 1.82) is 0 Å². The van der Waals surface area contributed by atoms with Crippen molar-refractivity contribution >= 4 is 56.7 Å². The van der Waals surface area contributed by atoms with Gasteiger partial charge in [-0.3, -0.25) is 9.89 Å². The predicted molar refractivity (Wildman–Crippen MR) is 163 cm³/mol. The molecule has 4 heterocycles. The number of aliphatic hydroxyl groups is 1. The molecule has 11 nitrogen and oxygen atoms in total. The van der Waals surface area contributed by atoms with Gasteiger partial charge in [-0.2, -0.15) is 20.1 Å². The normalized spacial score (nSPS) is 15.0. The number of hydrogen-bond donors (Lipinski definition) is 2. The van der Waals surface area contributed by atoms with Crippen molar-refractivity contribution in [1.82, 2.24) is 30.0 Å². The summed E-state index contributed by atoms with van der Waals surface area (Å²) in [6.45, 7) is 12.9. The van der Waals surface area contributed by atoms with Gasteiger partial charge in [-0.25, -0.2) is 4.39 Å². The average molecular weight is 631 g/mol. The fourth-order valence-electron chi connectivity index (χ4n) is 4.93. The number of aliphatic hydroxyl groups excluding tert-OH is 1. The summed E-state index contributed by atoms with van der Waals surface area (Å²) in [6.07, 6.45) is 2.05. The largest absolute Gasteiger partial charge is 0.457 e. The number of amides is 1. The van der Waals surface area contributed by atoms with Crippen molar-refractivity contribution in [3.8, 4) is 17.6 Å². The van der Waals surface area contributed by atoms with E-state index in [2.05, 4.69) is 33.3 Å². The molecule has 1 amide bonds. The minimum absolute atomic E-state index is 0.0241. The Balaban J connectivity index is 1.63. The number of halogens is 3. The maximum Gasteiger partial charge on any atom is 0.319 e. The Morgan fingerprint density at radius 1 is 1.21 bits per heavy atom. The van der Waals surface area contributed by atoms with Crippen LogP contribution < -0.4 is 14.4 Å². The molecule has 43 heavy (non-hydrogen) atoms. The van der Waals surface area contributed by atoms with Crippen LogP contribution in [-0.2, 0) is 4.79 Å². The molecule has 0 unspecified atom stereocenters. The highest BCUT2D eigenvalue weighted by atomic mass is 35.5. The molecule has 2 N–H and O–H groups in total. The predicted octanol–water partition coefficient (Wildman–Crippen LogP) is 5.46. The van der Waals surface area contributed by atoms with Crippen LogP contribution in [0.4, 0.5) is 10.2 Å². The number of nitrogens with zero attached hydrogens (tertiary/aromatic N) is 6. The number of pyridine rings is 1. The molecule has 226 valence electrons. The second-order valence-electron chi connectivity index (χ2n) is 10.2. The smallest absolute Gasteiger partial charge is 0.319 e. The van der Waals surface area contributed by atoms with Crippen molar-refractivity contribution in [2.45, 2.75) is 38.9 Å². The summed E-state index contributed by atoms with van der Waals surface area (Å²) < 4.78 is 27.0. The SMILES string of the molecule is C=CC(=O)N1CCN(c2nc(O[C@H](CC)[C@H](O)CC(=C)C)nc3c(Oc4c(Cl)c(F)cc5[nH]ncc45)nc(Cl)cc23)CC1. The Kier molecular flexibility index (Phi) is 9.00. The molecule has 2 atom stereocenters. The van der Waals surface area contributed by atoms with Crippen LogP contribution in [0, 0.1) is 5.82 Å². The number of aromatic nitrogens is 5. The molecule has 0 spiro atoms. The molecule has 1 fully saturated rings. The molecule has 4 aromatic rings. The summed E-state index contributed by atoms with van der Waals surface area (Å²) >= 11 is 12.8. The Morgan fingerprint density at radius 3 is 2.63 bits per heavy atom. The first kappa shape index (κ1) is 30.5. The van der Waals surface area contributed by atoms with E-state index in [4.69, 9.17) is 37.7 Å². The highest BCUT2D eigenvalue weighted by molar-refractivity contribution is 6.33. The Morgan fingerprint density at radius 2 is 1.95 bits per heavy atom. The second kappa shape index (κ2) is 12.7. The summed E-state index contributed by atoms with van der Waals surface area (Å²) in [6, 6.07) is 2.77. The van der Waals surface area contributed by atoms with Gasteiger partial charge in [0, 0.05) is 32.2 Å². The van der Waals surface area contributed by atoms with Gasteiger partial charge >= 0.3 is 6.01 Å². The van der Waals surface area contributed by atoms with E-state index >= 15 is 0 Å². The number of H-pyrrole nitrogens is 1. The summed E-state index contributed by atoms with van der Waals surface area (Å²) in [5.74, 6) is -0.508. The van der Waals surface area contributed by atoms with Gasteiger partial charge in [0.1, 0.15) is 33.4 Å². The van der Waals surface area contributed by atoms with E-state index in [0.29, 0.717) is 61.1 Å². The standard InChI is InChI=1S/C29H30Cl2FN7O4/c1-5-21(20(40)11-15(3)4)42-29-35-25-16(27(36-29)39-9-7-38(8-10-39)23(41)6-2)12-22(30)34-28(25)43-26-17-14-33-37-19(17)13-18(32)24(26)31/h6,12-14,20-21,40H,2-3,5,7-11H2,1,4H3,(H,33,37)/t20-,21-/m1/s1. The van der Waals surface area contributed by atoms with Crippen LogP contribution in [0.25, 0.3) is 21.8 Å². The minimum atomic E-state index is -0.849. The second-order valence-corrected chi connectivity index (χ2v) is 11.0. The van der Waals surface area contributed by atoms with Gasteiger partial charge in [-0.15, -0.1) is 6.58 Å². The summed E-state index contributed by atoms with van der Waals surface area (Å²) in [5.41, 5.74) is 1.38. The summed E-state index contributed by atoms with van der Waals surface area (Å²) in [4.78, 5) is 29.5. The lowest BCUT2D eigenvalue weighted by molar-refractivity contribution is -0.126. The van der Waals surface area contributed by atoms with Gasteiger partial charge in [0.25, 0.3) is 0 Å². The van der Waals surface area contributed by atoms with E-state index in [9.17, 15) is 14.3 Å². The monoisotopic (exact) mass is 629 g/mol. The number of carbonyl (C=O) groups excluding carboxylic acids is 1.